The molecule has 102 valence electrons. The van der Waals surface area contributed by atoms with Crippen LogP contribution in [0.4, 0.5) is 13.2 Å². The molecule has 19 heavy (non-hydrogen) atoms. The molecule has 0 fully saturated rings. The highest BCUT2D eigenvalue weighted by molar-refractivity contribution is 7.09. The van der Waals surface area contributed by atoms with E-state index in [1.165, 1.54) is 17.0 Å². The average Bonchev–Trinajstić information content (AvgIpc) is 2.87. The maximum Gasteiger partial charge on any atom is 0.416 e. The number of hydrogen-bond acceptors (Lipinski definition) is 2. The summed E-state index contributed by atoms with van der Waals surface area (Å²) in [6.07, 6.45) is -3.45. The van der Waals surface area contributed by atoms with Gasteiger partial charge in [0.2, 0.25) is 0 Å². The van der Waals surface area contributed by atoms with Crippen LogP contribution in [0, 0.1) is 0 Å². The molecule has 1 heterocycles. The number of hydrogen-bond donors (Lipinski definition) is 1. The summed E-state index contributed by atoms with van der Waals surface area (Å²) >= 11 is 1.66. The van der Waals surface area contributed by atoms with Crippen molar-refractivity contribution in [2.45, 2.75) is 19.1 Å². The lowest BCUT2D eigenvalue weighted by Crippen LogP contribution is -2.19. The van der Waals surface area contributed by atoms with Crippen molar-refractivity contribution in [1.82, 2.24) is 5.32 Å². The summed E-state index contributed by atoms with van der Waals surface area (Å²) in [5.41, 5.74) is -0.264. The van der Waals surface area contributed by atoms with Crippen LogP contribution < -0.4 is 5.32 Å². The maximum atomic E-state index is 12.8. The van der Waals surface area contributed by atoms with Crippen LogP contribution in [0.5, 0.6) is 0 Å². The van der Waals surface area contributed by atoms with Crippen molar-refractivity contribution in [3.8, 4) is 0 Å². The first-order valence-electron chi connectivity index (χ1n) is 5.95. The van der Waals surface area contributed by atoms with Gasteiger partial charge in [-0.3, -0.25) is 0 Å². The topological polar surface area (TPSA) is 12.0 Å². The Kier molecular flexibility index (Phi) is 4.61. The molecule has 1 aromatic carbocycles. The Bertz CT molecular complexity index is 506. The molecule has 0 radical (unpaired) electrons. The molecule has 2 rings (SSSR count). The van der Waals surface area contributed by atoms with Crippen molar-refractivity contribution in [3.05, 3.63) is 57.8 Å². The van der Waals surface area contributed by atoms with Gasteiger partial charge in [0.05, 0.1) is 5.56 Å². The first-order valence-corrected chi connectivity index (χ1v) is 6.83. The molecular formula is C14H14F3NS. The second-order valence-corrected chi connectivity index (χ2v) is 5.19. The third-order valence-corrected chi connectivity index (χ3v) is 3.70. The van der Waals surface area contributed by atoms with Gasteiger partial charge in [-0.2, -0.15) is 13.2 Å². The molecular weight excluding hydrogens is 271 g/mol. The fourth-order valence-corrected chi connectivity index (χ4v) is 2.55. The summed E-state index contributed by atoms with van der Waals surface area (Å²) in [5, 5.41) is 5.05. The Morgan fingerprint density at radius 2 is 1.84 bits per heavy atom. The van der Waals surface area contributed by atoms with Crippen LogP contribution in [0.3, 0.4) is 0 Å². The molecule has 0 aliphatic carbocycles. The predicted molar refractivity (Wildman–Crippen MR) is 71.2 cm³/mol. The number of nitrogens with one attached hydrogen (secondary N) is 1. The first-order chi connectivity index (χ1) is 9.07. The number of rotatable bonds is 5. The largest absolute Gasteiger partial charge is 0.416 e. The van der Waals surface area contributed by atoms with Crippen molar-refractivity contribution >= 4 is 11.3 Å². The second-order valence-electron chi connectivity index (χ2n) is 4.16. The van der Waals surface area contributed by atoms with E-state index in [1.54, 1.807) is 17.4 Å². The quantitative estimate of drug-likeness (QED) is 0.816. The predicted octanol–water partition coefficient (Wildman–Crippen LogP) is 4.10. The Labute approximate surface area is 114 Å². The van der Waals surface area contributed by atoms with E-state index in [1.807, 2.05) is 17.5 Å². The lowest BCUT2D eigenvalue weighted by atomic mass is 10.1. The number of thiophene rings is 1. The summed E-state index contributed by atoms with van der Waals surface area (Å²) in [6, 6.07) is 9.68. The highest BCUT2D eigenvalue weighted by Gasteiger charge is 2.32. The summed E-state index contributed by atoms with van der Waals surface area (Å²) in [6.45, 7) is 0.910. The highest BCUT2D eigenvalue weighted by Crippen LogP contribution is 2.31. The fraction of sp³-hybridized carbons (Fsp3) is 0.286. The molecule has 1 aromatic heterocycles. The van der Waals surface area contributed by atoms with Gasteiger partial charge in [0.1, 0.15) is 0 Å². The Morgan fingerprint density at radius 1 is 1.05 bits per heavy atom. The molecule has 0 aliphatic heterocycles. The summed E-state index contributed by atoms with van der Waals surface area (Å²) < 4.78 is 38.3. The Balaban J connectivity index is 1.89. The van der Waals surface area contributed by atoms with Crippen molar-refractivity contribution in [3.63, 3.8) is 0 Å². The smallest absolute Gasteiger partial charge is 0.312 e. The first kappa shape index (κ1) is 14.1. The molecule has 1 N–H and O–H groups in total. The van der Waals surface area contributed by atoms with E-state index in [0.29, 0.717) is 12.1 Å². The minimum Gasteiger partial charge on any atom is -0.312 e. The lowest BCUT2D eigenvalue weighted by Gasteiger charge is -2.13. The zero-order chi connectivity index (χ0) is 13.7. The van der Waals surface area contributed by atoms with Gasteiger partial charge in [-0.25, -0.2) is 0 Å². The molecule has 0 aliphatic rings. The second kappa shape index (κ2) is 6.21. The van der Waals surface area contributed by atoms with Crippen LogP contribution in [0.15, 0.2) is 41.8 Å². The van der Waals surface area contributed by atoms with Gasteiger partial charge < -0.3 is 5.32 Å². The molecule has 0 spiro atoms. The van der Waals surface area contributed by atoms with Gasteiger partial charge in [0.15, 0.2) is 0 Å². The van der Waals surface area contributed by atoms with Crippen LogP contribution in [0.1, 0.15) is 16.0 Å². The Morgan fingerprint density at radius 3 is 2.53 bits per heavy atom. The molecule has 5 heteroatoms. The summed E-state index contributed by atoms with van der Waals surface area (Å²) in [5.74, 6) is 0. The van der Waals surface area contributed by atoms with E-state index in [4.69, 9.17) is 0 Å². The molecule has 2 aromatic rings. The highest BCUT2D eigenvalue weighted by atomic mass is 32.1. The van der Waals surface area contributed by atoms with Gasteiger partial charge in [0.25, 0.3) is 0 Å². The number of alkyl halides is 3. The maximum absolute atomic E-state index is 12.8. The third-order valence-electron chi connectivity index (χ3n) is 2.77. The van der Waals surface area contributed by atoms with E-state index < -0.39 is 11.7 Å². The Hall–Kier alpha value is -1.33. The van der Waals surface area contributed by atoms with Crippen LogP contribution in [-0.2, 0) is 19.1 Å². The normalized spacial score (nSPS) is 11.7. The SMILES string of the molecule is FC(F)(F)c1ccccc1CNCCc1cccs1. The summed E-state index contributed by atoms with van der Waals surface area (Å²) in [4.78, 5) is 1.23. The molecule has 1 nitrogen and oxygen atoms in total. The van der Waals surface area contributed by atoms with E-state index in [9.17, 15) is 13.2 Å². The van der Waals surface area contributed by atoms with Crippen LogP contribution in [0.25, 0.3) is 0 Å². The van der Waals surface area contributed by atoms with Crippen molar-refractivity contribution in [2.75, 3.05) is 6.54 Å². The molecule has 0 saturated carbocycles. The van der Waals surface area contributed by atoms with Crippen molar-refractivity contribution in [2.24, 2.45) is 0 Å². The lowest BCUT2D eigenvalue weighted by molar-refractivity contribution is -0.138. The number of benzene rings is 1. The number of halogens is 3. The van der Waals surface area contributed by atoms with Crippen molar-refractivity contribution in [1.29, 1.82) is 0 Å². The van der Waals surface area contributed by atoms with E-state index >= 15 is 0 Å². The molecule has 0 saturated heterocycles. The van der Waals surface area contributed by atoms with Gasteiger partial charge in [-0.05, 0) is 29.5 Å². The van der Waals surface area contributed by atoms with Gasteiger partial charge in [0, 0.05) is 18.0 Å². The molecule has 0 atom stereocenters. The van der Waals surface area contributed by atoms with Crippen LogP contribution in [0.2, 0.25) is 0 Å². The van der Waals surface area contributed by atoms with Crippen molar-refractivity contribution < 1.29 is 13.2 Å². The minimum atomic E-state index is -4.29. The van der Waals surface area contributed by atoms with Gasteiger partial charge in [-0.1, -0.05) is 24.3 Å². The standard InChI is InChI=1S/C14H14F3NS/c15-14(16,17)13-6-2-1-4-11(13)10-18-8-7-12-5-3-9-19-12/h1-6,9,18H,7-8,10H2. The minimum absolute atomic E-state index is 0.237. The van der Waals surface area contributed by atoms with E-state index in [-0.39, 0.29) is 6.54 Å². The van der Waals surface area contributed by atoms with Gasteiger partial charge in [-0.15, -0.1) is 11.3 Å². The third kappa shape index (κ3) is 4.08. The summed E-state index contributed by atoms with van der Waals surface area (Å²) in [7, 11) is 0. The average molecular weight is 285 g/mol. The zero-order valence-electron chi connectivity index (χ0n) is 10.2. The van der Waals surface area contributed by atoms with Gasteiger partial charge >= 0.3 is 6.18 Å². The molecule has 0 unspecified atom stereocenters. The molecule has 0 amide bonds. The zero-order valence-corrected chi connectivity index (χ0v) is 11.0. The molecule has 0 bridgehead atoms. The fourth-order valence-electron chi connectivity index (χ4n) is 1.84. The monoisotopic (exact) mass is 285 g/mol. The van der Waals surface area contributed by atoms with Crippen LogP contribution in [-0.4, -0.2) is 6.54 Å². The van der Waals surface area contributed by atoms with Crippen LogP contribution >= 0.6 is 11.3 Å². The van der Waals surface area contributed by atoms with E-state index in [0.717, 1.165) is 12.5 Å². The van der Waals surface area contributed by atoms with E-state index in [2.05, 4.69) is 5.32 Å².